The summed E-state index contributed by atoms with van der Waals surface area (Å²) in [6, 6.07) is 49.7. The van der Waals surface area contributed by atoms with E-state index in [4.69, 9.17) is 38.2 Å². The van der Waals surface area contributed by atoms with E-state index in [1.54, 1.807) is 25.6 Å². The molecule has 0 atom stereocenters. The summed E-state index contributed by atoms with van der Waals surface area (Å²) in [4.78, 5) is 66.1. The minimum atomic E-state index is -0.509. The van der Waals surface area contributed by atoms with Gasteiger partial charge in [0.2, 0.25) is 34.3 Å². The molecule has 4 aliphatic rings. The van der Waals surface area contributed by atoms with Gasteiger partial charge in [-0.25, -0.2) is 19.9 Å². The van der Waals surface area contributed by atoms with Crippen LogP contribution in [0.25, 0.3) is 44.7 Å². The van der Waals surface area contributed by atoms with E-state index >= 15 is 0 Å². The number of aryl methyl sites for hydroxylation is 1. The van der Waals surface area contributed by atoms with Gasteiger partial charge >= 0.3 is 0 Å². The second-order valence-electron chi connectivity index (χ2n) is 23.3. The first kappa shape index (κ1) is 82.1. The van der Waals surface area contributed by atoms with Crippen molar-refractivity contribution in [2.75, 3.05) is 86.1 Å². The van der Waals surface area contributed by atoms with E-state index in [0.717, 1.165) is 138 Å². The molecular weight excluding hydrogens is 1490 g/mol. The first-order valence-corrected chi connectivity index (χ1v) is 35.6. The number of allylic oxidation sites excluding steroid dienone is 1. The molecule has 546 valence electrons. The number of anilines is 4. The molecule has 0 saturated carbocycles. The molecule has 12 aromatic rings. The maximum Gasteiger partial charge on any atom is 0.250 e. The number of amides is 1. The summed E-state index contributed by atoms with van der Waals surface area (Å²) >= 11 is 17.8. The van der Waals surface area contributed by atoms with Crippen LogP contribution in [0.4, 0.5) is 23.5 Å². The van der Waals surface area contributed by atoms with Crippen molar-refractivity contribution in [3.05, 3.63) is 286 Å². The van der Waals surface area contributed by atoms with E-state index in [9.17, 15) is 9.59 Å². The predicted molar refractivity (Wildman–Crippen MR) is 443 cm³/mol. The average Bonchev–Trinajstić information content (AvgIpc) is 1.66. The van der Waals surface area contributed by atoms with E-state index in [2.05, 4.69) is 256 Å². The van der Waals surface area contributed by atoms with Crippen LogP contribution in [-0.4, -0.2) is 136 Å². The molecule has 0 radical (unpaired) electrons. The lowest BCUT2D eigenvalue weighted by Crippen LogP contribution is -2.24. The van der Waals surface area contributed by atoms with Crippen molar-refractivity contribution in [1.29, 1.82) is 0 Å². The van der Waals surface area contributed by atoms with Crippen LogP contribution in [-0.2, 0) is 42.2 Å². The minimum absolute atomic E-state index is 0. The number of rotatable bonds is 15. The Hall–Kier alpha value is -10.2. The summed E-state index contributed by atoms with van der Waals surface area (Å²) in [6.45, 7) is 19.2. The van der Waals surface area contributed by atoms with E-state index in [1.807, 2.05) is 65.4 Å². The largest absolute Gasteiger partial charge is 0.335 e. The molecule has 0 bridgehead atoms. The zero-order valence-corrected chi connectivity index (χ0v) is 61.8. The van der Waals surface area contributed by atoms with E-state index in [0.29, 0.717) is 35.4 Å². The number of halogens is 4. The summed E-state index contributed by atoms with van der Waals surface area (Å²) in [5, 5.41) is 3.06. The summed E-state index contributed by atoms with van der Waals surface area (Å²) in [5.74, 6) is 2.71. The molecule has 12 heterocycles. The van der Waals surface area contributed by atoms with Gasteiger partial charge in [-0.15, -0.1) is 0 Å². The Bertz CT molecular complexity index is 4870. The molecule has 1 amide bonds. The summed E-state index contributed by atoms with van der Waals surface area (Å²) in [6.07, 6.45) is 27.7. The maximum atomic E-state index is 12.0. The number of hydrogen-bond donors (Lipinski definition) is 2. The molecule has 0 saturated heterocycles. The Morgan fingerprint density at radius 1 is 0.476 bits per heavy atom. The van der Waals surface area contributed by atoms with Gasteiger partial charge in [0.05, 0.1) is 60.1 Å². The number of hydrogen-bond acceptors (Lipinski definition) is 15. The van der Waals surface area contributed by atoms with Gasteiger partial charge in [-0.1, -0.05) is 212 Å². The van der Waals surface area contributed by atoms with Gasteiger partial charge in [0, 0.05) is 86.9 Å². The van der Waals surface area contributed by atoms with Crippen molar-refractivity contribution >= 4 is 134 Å². The molecular formula is C81H92Br2Cl2N18O2. The fourth-order valence-corrected chi connectivity index (χ4v) is 12.2. The Morgan fingerprint density at radius 3 is 1.14 bits per heavy atom. The number of benzene rings is 4. The molecule has 4 aliphatic heterocycles. The lowest BCUT2D eigenvalue weighted by molar-refractivity contribution is -0.114. The Morgan fingerprint density at radius 2 is 0.800 bits per heavy atom. The molecule has 0 spiro atoms. The number of nitrogens with two attached hydrogens (primary N) is 1. The monoisotopic (exact) mass is 1580 g/mol. The summed E-state index contributed by atoms with van der Waals surface area (Å²) < 4.78 is 10.5. The van der Waals surface area contributed by atoms with Gasteiger partial charge < -0.3 is 48.9 Å². The van der Waals surface area contributed by atoms with Gasteiger partial charge in [0.25, 0.3) is 0 Å². The normalized spacial score (nSPS) is 12.7. The molecule has 4 aromatic carbocycles. The predicted octanol–water partition coefficient (Wildman–Crippen LogP) is 16.5. The molecule has 16 rings (SSSR count). The number of nitrogens with zero attached hydrogens (tertiary/aromatic N) is 16. The van der Waals surface area contributed by atoms with Crippen LogP contribution in [0.5, 0.6) is 0 Å². The standard InChI is InChI=1S/C21H21N5O.C19H20N4.C17H15BrN4.C13H9BrClN3.C4H7N.C3H3ClO.CH5N.3CH4/c1-3-19(27)24(2)17-13-18-20(22-14-17)23-21(25-11-7-8-12-25)26(18)15-16-9-5-4-6-10-16;1-2-15-12-17-18(20-13-15)21-19(22-10-6-7-11-22)23(17)14-16-8-4-3-5-9-16;18-14-10-15-16(19-11-14)20-17(21-8-4-5-9-21)22(15)12-13-6-2-1-3-7-13;14-10-6-11-12(16-7-10)17-13(15)18(11)8-9-4-2-1-3-5-9;1-2-4-5-3-1;1-2-3(4)5;1-2;;;/h3-10,13-14H,1,11-12,15H2,2H3;3-9,12-13H,2,10-11,14H2,1H3;1-7,10-11H,8-9,12H2;1-7H,8H2;1-2,5H,3-4H2;2H,1H2;2H2,1H3;3*1H4. The van der Waals surface area contributed by atoms with Crippen LogP contribution in [0, 0.1) is 0 Å². The number of imidazole rings is 4. The third-order valence-electron chi connectivity index (χ3n) is 16.5. The topological polar surface area (TPSA) is 208 Å². The van der Waals surface area contributed by atoms with E-state index < -0.39 is 5.24 Å². The van der Waals surface area contributed by atoms with Crippen molar-refractivity contribution < 1.29 is 9.59 Å². The molecule has 24 heteroatoms. The molecule has 0 fully saturated rings. The summed E-state index contributed by atoms with van der Waals surface area (Å²) in [5.41, 5.74) is 18.3. The number of aromatic nitrogens is 12. The highest BCUT2D eigenvalue weighted by Crippen LogP contribution is 2.31. The molecule has 105 heavy (non-hydrogen) atoms. The second kappa shape index (κ2) is 41.3. The minimum Gasteiger partial charge on any atom is -0.335 e. The molecule has 0 aliphatic carbocycles. The van der Waals surface area contributed by atoms with Gasteiger partial charge in [-0.2, -0.15) is 19.9 Å². The summed E-state index contributed by atoms with van der Waals surface area (Å²) in [7, 11) is 3.22. The third-order valence-corrected chi connectivity index (χ3v) is 17.8. The van der Waals surface area contributed by atoms with Gasteiger partial charge in [0.15, 0.2) is 22.6 Å². The number of carbonyl (C=O) groups excluding carboxylic acids is 2. The number of nitrogens with one attached hydrogen (secondary N) is 1. The van der Waals surface area contributed by atoms with Crippen LogP contribution >= 0.6 is 55.1 Å². The Kier molecular flexibility index (Phi) is 32.3. The van der Waals surface area contributed by atoms with Crippen molar-refractivity contribution in [2.24, 2.45) is 5.73 Å². The van der Waals surface area contributed by atoms with Crippen LogP contribution in [0.3, 0.4) is 0 Å². The number of carbonyl (C=O) groups is 2. The lowest BCUT2D eigenvalue weighted by Gasteiger charge is -2.19. The quantitative estimate of drug-likeness (QED) is 0.0556. The van der Waals surface area contributed by atoms with Gasteiger partial charge in [-0.05, 0) is 133 Å². The van der Waals surface area contributed by atoms with Gasteiger partial charge in [-0.3, -0.25) is 9.59 Å². The first-order chi connectivity index (χ1) is 49.8. The number of pyridine rings is 4. The zero-order chi connectivity index (χ0) is 71.7. The average molecular weight is 1580 g/mol. The first-order valence-electron chi connectivity index (χ1n) is 33.3. The maximum absolute atomic E-state index is 12.0. The molecule has 0 unspecified atom stereocenters. The lowest BCUT2D eigenvalue weighted by atomic mass is 10.2. The molecule has 3 N–H and O–H groups in total. The fraction of sp³-hybridized carbons (Fsp3) is 0.235. The van der Waals surface area contributed by atoms with Crippen molar-refractivity contribution in [3.63, 3.8) is 0 Å². The van der Waals surface area contributed by atoms with Crippen LogP contribution in [0.2, 0.25) is 5.28 Å². The Balaban J connectivity index is 0.000000185. The van der Waals surface area contributed by atoms with Crippen molar-refractivity contribution in [1.82, 2.24) is 63.5 Å². The third kappa shape index (κ3) is 21.9. The smallest absolute Gasteiger partial charge is 0.250 e. The molecule has 8 aromatic heterocycles. The van der Waals surface area contributed by atoms with E-state index in [1.165, 1.54) is 45.8 Å². The zero-order valence-electron chi connectivity index (χ0n) is 57.1. The fourth-order valence-electron chi connectivity index (χ4n) is 11.3. The highest BCUT2D eigenvalue weighted by Gasteiger charge is 2.23. The van der Waals surface area contributed by atoms with Crippen molar-refractivity contribution in [2.45, 2.75) is 61.8 Å². The van der Waals surface area contributed by atoms with E-state index in [-0.39, 0.29) is 28.2 Å². The second-order valence-corrected chi connectivity index (χ2v) is 25.9. The number of likely N-dealkylation sites (N-methyl/N-ethyl adjacent to an activating group) is 1. The van der Waals surface area contributed by atoms with Crippen molar-refractivity contribution in [3.8, 4) is 0 Å². The van der Waals surface area contributed by atoms with Gasteiger partial charge in [0.1, 0.15) is 0 Å². The molecule has 20 nitrogen and oxygen atoms in total. The van der Waals surface area contributed by atoms with Crippen LogP contribution in [0.15, 0.2) is 253 Å². The SMILES string of the molecule is Brc1cnc2nc(N3CC=CC3)n(Cc3ccccc3)c2c1.C.C.C.C1=CCNC1.C=CC(=O)Cl.C=CC(=O)N(C)c1cnc2nc(N3CC=CC3)n(Cc3ccccc3)c2c1.CCc1cnc2nc(N3CC=CC3)n(Cc3ccccc3)c2c1.CN.Clc1nc2ncc(Br)cc2n1Cc1ccccc1. The number of fused-ring (bicyclic) bond motifs is 4. The van der Waals surface area contributed by atoms with Crippen LogP contribution < -0.4 is 30.7 Å². The Labute approximate surface area is 643 Å². The highest BCUT2D eigenvalue weighted by atomic mass is 79.9. The van der Waals surface area contributed by atoms with Crippen LogP contribution in [0.1, 0.15) is 57.0 Å². The highest BCUT2D eigenvalue weighted by molar-refractivity contribution is 9.10.